The van der Waals surface area contributed by atoms with E-state index in [-0.39, 0.29) is 0 Å². The van der Waals surface area contributed by atoms with Crippen molar-refractivity contribution in [3.05, 3.63) is 66.4 Å². The first-order valence-electron chi connectivity index (χ1n) is 6.97. The zero-order valence-electron chi connectivity index (χ0n) is 12.0. The molecule has 0 aliphatic heterocycles. The highest BCUT2D eigenvalue weighted by Gasteiger charge is 2.25. The average molecular weight is 278 g/mol. The Morgan fingerprint density at radius 2 is 1.76 bits per heavy atom. The second-order valence-corrected chi connectivity index (χ2v) is 5.28. The third-order valence-electron chi connectivity index (χ3n) is 3.70. The molecule has 2 aromatic carbocycles. The van der Waals surface area contributed by atoms with Gasteiger partial charge in [-0.3, -0.25) is 0 Å². The number of nitrogens with zero attached hydrogens (tertiary/aromatic N) is 2. The Hall–Kier alpha value is -2.46. The zero-order valence-corrected chi connectivity index (χ0v) is 12.0. The Bertz CT molecular complexity index is 742. The van der Waals surface area contributed by atoms with Crippen LogP contribution in [0.25, 0.3) is 10.9 Å². The maximum atomic E-state index is 5.98. The standard InChI is InChI=1S/C17H18N4/c1-17(12-18,14-8-3-2-4-9-14)21-16-19-11-13-7-5-6-10-15(13)20-16/h2-11H,12,18H2,1H3,(H,19,20,21). The summed E-state index contributed by atoms with van der Waals surface area (Å²) in [5, 5.41) is 4.39. The lowest BCUT2D eigenvalue weighted by atomic mass is 9.92. The normalized spacial score (nSPS) is 13.8. The average Bonchev–Trinajstić information content (AvgIpc) is 2.55. The molecule has 3 N–H and O–H groups in total. The molecule has 0 saturated carbocycles. The first-order chi connectivity index (χ1) is 10.2. The number of hydrogen-bond acceptors (Lipinski definition) is 4. The molecule has 1 aromatic heterocycles. The van der Waals surface area contributed by atoms with Crippen molar-refractivity contribution in [3.63, 3.8) is 0 Å². The monoisotopic (exact) mass is 278 g/mol. The van der Waals surface area contributed by atoms with Gasteiger partial charge in [0.25, 0.3) is 0 Å². The minimum Gasteiger partial charge on any atom is -0.344 e. The molecular formula is C17H18N4. The van der Waals surface area contributed by atoms with Gasteiger partial charge in [-0.2, -0.15) is 0 Å². The molecule has 1 unspecified atom stereocenters. The van der Waals surface area contributed by atoms with Crippen LogP contribution < -0.4 is 11.1 Å². The van der Waals surface area contributed by atoms with E-state index in [4.69, 9.17) is 5.73 Å². The van der Waals surface area contributed by atoms with E-state index in [1.165, 1.54) is 0 Å². The number of benzene rings is 2. The predicted octanol–water partition coefficient (Wildman–Crippen LogP) is 2.92. The van der Waals surface area contributed by atoms with Crippen LogP contribution in [0.1, 0.15) is 12.5 Å². The van der Waals surface area contributed by atoms with Gasteiger partial charge in [0.1, 0.15) is 0 Å². The fourth-order valence-corrected chi connectivity index (χ4v) is 2.33. The number of aromatic nitrogens is 2. The second-order valence-electron chi connectivity index (χ2n) is 5.28. The highest BCUT2D eigenvalue weighted by molar-refractivity contribution is 5.78. The van der Waals surface area contributed by atoms with Crippen molar-refractivity contribution in [2.75, 3.05) is 11.9 Å². The maximum absolute atomic E-state index is 5.98. The second kappa shape index (κ2) is 5.50. The Kier molecular flexibility index (Phi) is 3.54. The van der Waals surface area contributed by atoms with E-state index in [9.17, 15) is 0 Å². The third-order valence-corrected chi connectivity index (χ3v) is 3.70. The first kappa shape index (κ1) is 13.5. The van der Waals surface area contributed by atoms with Gasteiger partial charge < -0.3 is 11.1 Å². The van der Waals surface area contributed by atoms with Crippen molar-refractivity contribution >= 4 is 16.9 Å². The molecule has 3 aromatic rings. The third kappa shape index (κ3) is 2.71. The molecule has 0 aliphatic rings. The summed E-state index contributed by atoms with van der Waals surface area (Å²) in [5.41, 5.74) is 7.62. The lowest BCUT2D eigenvalue weighted by molar-refractivity contribution is 0.551. The Labute approximate surface area is 124 Å². The molecule has 0 spiro atoms. The van der Waals surface area contributed by atoms with Crippen molar-refractivity contribution in [2.45, 2.75) is 12.5 Å². The fraction of sp³-hybridized carbons (Fsp3) is 0.176. The predicted molar refractivity (Wildman–Crippen MR) is 86.0 cm³/mol. The minimum absolute atomic E-state index is 0.399. The van der Waals surface area contributed by atoms with Crippen molar-refractivity contribution in [1.82, 2.24) is 9.97 Å². The maximum Gasteiger partial charge on any atom is 0.223 e. The van der Waals surface area contributed by atoms with E-state index in [0.717, 1.165) is 16.5 Å². The topological polar surface area (TPSA) is 63.8 Å². The summed E-state index contributed by atoms with van der Waals surface area (Å²) in [6.07, 6.45) is 1.83. The molecule has 1 heterocycles. The van der Waals surface area contributed by atoms with Crippen LogP contribution in [0.3, 0.4) is 0 Å². The van der Waals surface area contributed by atoms with Gasteiger partial charge >= 0.3 is 0 Å². The lowest BCUT2D eigenvalue weighted by Gasteiger charge is -2.30. The molecule has 1 atom stereocenters. The number of rotatable bonds is 4. The lowest BCUT2D eigenvalue weighted by Crippen LogP contribution is -2.40. The van der Waals surface area contributed by atoms with Crippen LogP contribution in [0.2, 0.25) is 0 Å². The molecule has 0 aliphatic carbocycles. The molecule has 0 fully saturated rings. The molecule has 0 radical (unpaired) electrons. The molecular weight excluding hydrogens is 260 g/mol. The highest BCUT2D eigenvalue weighted by Crippen LogP contribution is 2.24. The van der Waals surface area contributed by atoms with Crippen LogP contribution in [0.15, 0.2) is 60.8 Å². The number of hydrogen-bond donors (Lipinski definition) is 2. The van der Waals surface area contributed by atoms with Crippen molar-refractivity contribution in [3.8, 4) is 0 Å². The molecule has 0 saturated heterocycles. The Balaban J connectivity index is 1.95. The van der Waals surface area contributed by atoms with E-state index >= 15 is 0 Å². The summed E-state index contributed by atoms with van der Waals surface area (Å²) in [6.45, 7) is 2.51. The fourth-order valence-electron chi connectivity index (χ4n) is 2.33. The number of anilines is 1. The number of para-hydroxylation sites is 1. The van der Waals surface area contributed by atoms with Crippen LogP contribution in [0.4, 0.5) is 5.95 Å². The first-order valence-corrected chi connectivity index (χ1v) is 6.97. The molecule has 4 heteroatoms. The quantitative estimate of drug-likeness (QED) is 0.770. The largest absolute Gasteiger partial charge is 0.344 e. The Morgan fingerprint density at radius 3 is 2.52 bits per heavy atom. The summed E-state index contributed by atoms with van der Waals surface area (Å²) in [4.78, 5) is 8.94. The molecule has 21 heavy (non-hydrogen) atoms. The highest BCUT2D eigenvalue weighted by atomic mass is 15.1. The number of nitrogens with two attached hydrogens (primary N) is 1. The van der Waals surface area contributed by atoms with Gasteiger partial charge in [-0.25, -0.2) is 9.97 Å². The summed E-state index contributed by atoms with van der Waals surface area (Å²) >= 11 is 0. The van der Waals surface area contributed by atoms with Gasteiger partial charge in [0.2, 0.25) is 5.95 Å². The molecule has 0 bridgehead atoms. The van der Waals surface area contributed by atoms with Crippen LogP contribution in [-0.4, -0.2) is 16.5 Å². The van der Waals surface area contributed by atoms with E-state index < -0.39 is 5.54 Å². The van der Waals surface area contributed by atoms with Gasteiger partial charge in [-0.15, -0.1) is 0 Å². The van der Waals surface area contributed by atoms with E-state index in [1.54, 1.807) is 0 Å². The molecule has 0 amide bonds. The summed E-state index contributed by atoms with van der Waals surface area (Å²) < 4.78 is 0. The van der Waals surface area contributed by atoms with E-state index in [2.05, 4.69) is 34.3 Å². The number of nitrogens with one attached hydrogen (secondary N) is 1. The molecule has 106 valence electrons. The zero-order chi connectivity index (χ0) is 14.7. The van der Waals surface area contributed by atoms with E-state index in [1.807, 2.05) is 48.7 Å². The number of fused-ring (bicyclic) bond motifs is 1. The van der Waals surface area contributed by atoms with E-state index in [0.29, 0.717) is 12.5 Å². The van der Waals surface area contributed by atoms with Crippen LogP contribution in [0, 0.1) is 0 Å². The van der Waals surface area contributed by atoms with Crippen LogP contribution in [0.5, 0.6) is 0 Å². The summed E-state index contributed by atoms with van der Waals surface area (Å²) in [6, 6.07) is 18.0. The minimum atomic E-state index is -0.399. The SMILES string of the molecule is CC(CN)(Nc1ncc2ccccc2n1)c1ccccc1. The summed E-state index contributed by atoms with van der Waals surface area (Å²) in [5.74, 6) is 0.588. The van der Waals surface area contributed by atoms with Crippen LogP contribution >= 0.6 is 0 Å². The summed E-state index contributed by atoms with van der Waals surface area (Å²) in [7, 11) is 0. The van der Waals surface area contributed by atoms with Crippen LogP contribution in [-0.2, 0) is 5.54 Å². The van der Waals surface area contributed by atoms with Crippen molar-refractivity contribution in [1.29, 1.82) is 0 Å². The van der Waals surface area contributed by atoms with Gasteiger partial charge in [0, 0.05) is 18.1 Å². The van der Waals surface area contributed by atoms with Gasteiger partial charge in [0.15, 0.2) is 0 Å². The van der Waals surface area contributed by atoms with Gasteiger partial charge in [0.05, 0.1) is 11.1 Å². The molecule has 4 nitrogen and oxygen atoms in total. The smallest absolute Gasteiger partial charge is 0.223 e. The van der Waals surface area contributed by atoms with Gasteiger partial charge in [-0.05, 0) is 18.6 Å². The van der Waals surface area contributed by atoms with Crippen molar-refractivity contribution < 1.29 is 0 Å². The molecule has 3 rings (SSSR count). The van der Waals surface area contributed by atoms with Crippen molar-refractivity contribution in [2.24, 2.45) is 5.73 Å². The Morgan fingerprint density at radius 1 is 1.05 bits per heavy atom. The van der Waals surface area contributed by atoms with Gasteiger partial charge in [-0.1, -0.05) is 48.5 Å².